The van der Waals surface area contributed by atoms with Crippen molar-refractivity contribution >= 4 is 5.97 Å². The minimum atomic E-state index is -0.805. The Kier molecular flexibility index (Phi) is 9.17. The van der Waals surface area contributed by atoms with Crippen LogP contribution in [0.4, 0.5) is 4.39 Å². The number of ether oxygens (including phenoxy) is 2. The molecule has 0 heterocycles. The maximum absolute atomic E-state index is 14.4. The van der Waals surface area contributed by atoms with Gasteiger partial charge in [-0.1, -0.05) is 57.2 Å². The van der Waals surface area contributed by atoms with Crippen LogP contribution in [0.15, 0.2) is 42.5 Å². The van der Waals surface area contributed by atoms with Crippen LogP contribution in [0.25, 0.3) is 11.1 Å². The number of rotatable bonds is 11. The molecule has 5 heteroatoms. The average Bonchev–Trinajstić information content (AvgIpc) is 2.74. The zero-order chi connectivity index (χ0) is 21.1. The van der Waals surface area contributed by atoms with Crippen LogP contribution in [-0.2, 0) is 4.74 Å². The predicted octanol–water partition coefficient (Wildman–Crippen LogP) is 6.30. The van der Waals surface area contributed by atoms with E-state index in [0.29, 0.717) is 17.7 Å². The van der Waals surface area contributed by atoms with Gasteiger partial charge in [0.1, 0.15) is 6.07 Å². The number of esters is 1. The zero-order valence-electron chi connectivity index (χ0n) is 17.1. The Bertz CT molecular complexity index is 827. The van der Waals surface area contributed by atoms with Crippen molar-refractivity contribution in [1.29, 1.82) is 5.26 Å². The standard InChI is InChI=1S/C24H28FNO3/c1-3-4-5-6-7-8-15-28-23-14-13-21(16-22(23)25)19-9-11-20(12-10-19)24(27)29-18(2)17-26/h9-14,16,18H,3-8,15H2,1-2H3. The second kappa shape index (κ2) is 11.9. The van der Waals surface area contributed by atoms with E-state index in [1.807, 2.05) is 6.07 Å². The fourth-order valence-electron chi connectivity index (χ4n) is 2.92. The maximum Gasteiger partial charge on any atom is 0.339 e. The van der Waals surface area contributed by atoms with Crippen molar-refractivity contribution in [3.05, 3.63) is 53.8 Å². The van der Waals surface area contributed by atoms with Crippen molar-refractivity contribution in [2.75, 3.05) is 6.61 Å². The third-order valence-electron chi connectivity index (χ3n) is 4.61. The van der Waals surface area contributed by atoms with Crippen molar-refractivity contribution in [2.45, 2.75) is 58.5 Å². The van der Waals surface area contributed by atoms with Crippen molar-refractivity contribution in [3.8, 4) is 22.9 Å². The summed E-state index contributed by atoms with van der Waals surface area (Å²) in [4.78, 5) is 11.9. The molecule has 0 saturated carbocycles. The van der Waals surface area contributed by atoms with Crippen molar-refractivity contribution < 1.29 is 18.7 Å². The second-order valence-corrected chi connectivity index (χ2v) is 7.02. The van der Waals surface area contributed by atoms with Gasteiger partial charge in [0.05, 0.1) is 12.2 Å². The molecule has 4 nitrogen and oxygen atoms in total. The average molecular weight is 397 g/mol. The molecule has 0 saturated heterocycles. The topological polar surface area (TPSA) is 59.3 Å². The number of hydrogen-bond acceptors (Lipinski definition) is 4. The van der Waals surface area contributed by atoms with Crippen LogP contribution < -0.4 is 4.74 Å². The third kappa shape index (κ3) is 7.23. The molecule has 1 atom stereocenters. The highest BCUT2D eigenvalue weighted by atomic mass is 19.1. The van der Waals surface area contributed by atoms with Gasteiger partial charge in [0, 0.05) is 0 Å². The minimum absolute atomic E-state index is 0.257. The second-order valence-electron chi connectivity index (χ2n) is 7.02. The number of nitriles is 1. The van der Waals surface area contributed by atoms with Crippen LogP contribution in [-0.4, -0.2) is 18.7 Å². The molecule has 0 aromatic heterocycles. The Morgan fingerprint density at radius 1 is 1.03 bits per heavy atom. The summed E-state index contributed by atoms with van der Waals surface area (Å²) in [6.07, 6.45) is 6.14. The van der Waals surface area contributed by atoms with E-state index in [1.165, 1.54) is 38.7 Å². The van der Waals surface area contributed by atoms with Gasteiger partial charge in [-0.05, 0) is 48.7 Å². The van der Waals surface area contributed by atoms with Gasteiger partial charge in [0.25, 0.3) is 0 Å². The number of halogens is 1. The van der Waals surface area contributed by atoms with Crippen LogP contribution in [0.5, 0.6) is 5.75 Å². The SMILES string of the molecule is CCCCCCCCOc1ccc(-c2ccc(C(=O)OC(C)C#N)cc2)cc1F. The fraction of sp³-hybridized carbons (Fsp3) is 0.417. The molecule has 0 radical (unpaired) electrons. The lowest BCUT2D eigenvalue weighted by atomic mass is 10.0. The van der Waals surface area contributed by atoms with E-state index in [9.17, 15) is 9.18 Å². The van der Waals surface area contributed by atoms with E-state index in [1.54, 1.807) is 36.4 Å². The lowest BCUT2D eigenvalue weighted by molar-refractivity contribution is 0.0435. The number of carbonyl (C=O) groups is 1. The number of benzene rings is 2. The molecule has 0 spiro atoms. The van der Waals surface area contributed by atoms with Crippen LogP contribution in [0.1, 0.15) is 62.7 Å². The predicted molar refractivity (Wildman–Crippen MR) is 111 cm³/mol. The van der Waals surface area contributed by atoms with Gasteiger partial charge in [-0.2, -0.15) is 5.26 Å². The van der Waals surface area contributed by atoms with Gasteiger partial charge < -0.3 is 9.47 Å². The van der Waals surface area contributed by atoms with E-state index < -0.39 is 17.9 Å². The summed E-state index contributed by atoms with van der Waals surface area (Å²) < 4.78 is 24.9. The quantitative estimate of drug-likeness (QED) is 0.330. The molecule has 0 bridgehead atoms. The van der Waals surface area contributed by atoms with Gasteiger partial charge in [-0.25, -0.2) is 9.18 Å². The Hall–Kier alpha value is -2.87. The van der Waals surface area contributed by atoms with E-state index >= 15 is 0 Å². The van der Waals surface area contributed by atoms with Crippen LogP contribution in [0.3, 0.4) is 0 Å². The molecule has 0 aliphatic carbocycles. The summed E-state index contributed by atoms with van der Waals surface area (Å²) >= 11 is 0. The molecule has 0 amide bonds. The zero-order valence-corrected chi connectivity index (χ0v) is 17.1. The highest BCUT2D eigenvalue weighted by Crippen LogP contribution is 2.26. The van der Waals surface area contributed by atoms with Crippen molar-refractivity contribution in [3.63, 3.8) is 0 Å². The number of carbonyl (C=O) groups excluding carboxylic acids is 1. The van der Waals surface area contributed by atoms with E-state index in [2.05, 4.69) is 6.92 Å². The van der Waals surface area contributed by atoms with Crippen LogP contribution in [0.2, 0.25) is 0 Å². The first-order valence-corrected chi connectivity index (χ1v) is 10.2. The van der Waals surface area contributed by atoms with E-state index in [4.69, 9.17) is 14.7 Å². The van der Waals surface area contributed by atoms with Crippen molar-refractivity contribution in [2.24, 2.45) is 0 Å². The number of hydrogen-bond donors (Lipinski definition) is 0. The fourth-order valence-corrected chi connectivity index (χ4v) is 2.92. The summed E-state index contributed by atoms with van der Waals surface area (Å²) in [5.41, 5.74) is 1.81. The lowest BCUT2D eigenvalue weighted by Crippen LogP contribution is -2.12. The molecular weight excluding hydrogens is 369 g/mol. The molecule has 0 aliphatic heterocycles. The Morgan fingerprint density at radius 2 is 1.69 bits per heavy atom. The highest BCUT2D eigenvalue weighted by molar-refractivity contribution is 5.90. The first-order valence-electron chi connectivity index (χ1n) is 10.2. The normalized spacial score (nSPS) is 11.5. The Morgan fingerprint density at radius 3 is 2.34 bits per heavy atom. The molecule has 2 rings (SSSR count). The number of unbranched alkanes of at least 4 members (excludes halogenated alkanes) is 5. The molecule has 2 aromatic rings. The van der Waals surface area contributed by atoms with Gasteiger partial charge in [-0.15, -0.1) is 0 Å². The monoisotopic (exact) mass is 397 g/mol. The van der Waals surface area contributed by atoms with Crippen LogP contribution in [0, 0.1) is 17.1 Å². The Balaban J connectivity index is 1.91. The molecule has 29 heavy (non-hydrogen) atoms. The van der Waals surface area contributed by atoms with Gasteiger partial charge in [-0.3, -0.25) is 0 Å². The molecule has 1 unspecified atom stereocenters. The largest absolute Gasteiger partial charge is 0.491 e. The minimum Gasteiger partial charge on any atom is -0.491 e. The first-order chi connectivity index (χ1) is 14.0. The summed E-state index contributed by atoms with van der Waals surface area (Å²) in [5, 5.41) is 8.71. The van der Waals surface area contributed by atoms with Crippen molar-refractivity contribution in [1.82, 2.24) is 0 Å². The number of nitrogens with zero attached hydrogens (tertiary/aromatic N) is 1. The molecule has 0 N–H and O–H groups in total. The molecule has 2 aromatic carbocycles. The maximum atomic E-state index is 14.4. The van der Waals surface area contributed by atoms with Gasteiger partial charge in [0.2, 0.25) is 0 Å². The summed E-state index contributed by atoms with van der Waals surface area (Å²) in [5.74, 6) is -0.706. The smallest absolute Gasteiger partial charge is 0.339 e. The molecule has 154 valence electrons. The molecule has 0 aliphatic rings. The summed E-state index contributed by atoms with van der Waals surface area (Å²) in [7, 11) is 0. The van der Waals surface area contributed by atoms with Crippen LogP contribution >= 0.6 is 0 Å². The van der Waals surface area contributed by atoms with Gasteiger partial charge in [0.15, 0.2) is 17.7 Å². The third-order valence-corrected chi connectivity index (χ3v) is 4.61. The Labute approximate surface area is 172 Å². The highest BCUT2D eigenvalue weighted by Gasteiger charge is 2.12. The molecular formula is C24H28FNO3. The van der Waals surface area contributed by atoms with E-state index in [-0.39, 0.29) is 5.75 Å². The molecule has 0 fully saturated rings. The summed E-state index contributed by atoms with van der Waals surface area (Å²) in [6.45, 7) is 4.21. The van der Waals surface area contributed by atoms with E-state index in [0.717, 1.165) is 18.4 Å². The summed E-state index contributed by atoms with van der Waals surface area (Å²) in [6, 6.07) is 13.4. The van der Waals surface area contributed by atoms with Gasteiger partial charge >= 0.3 is 5.97 Å². The lowest BCUT2D eigenvalue weighted by Gasteiger charge is -2.10. The first kappa shape index (κ1) is 22.4.